The Morgan fingerprint density at radius 1 is 1.23 bits per heavy atom. The van der Waals surface area contributed by atoms with Crippen LogP contribution in [0, 0.1) is 11.8 Å². The Balaban J connectivity index is 1.62. The predicted molar refractivity (Wildman–Crippen MR) is 123 cm³/mol. The first-order chi connectivity index (χ1) is 14.2. The van der Waals surface area contributed by atoms with E-state index in [1.165, 1.54) is 30.6 Å². The second-order valence-corrected chi connectivity index (χ2v) is 11.3. The highest BCUT2D eigenvalue weighted by molar-refractivity contribution is 7.99. The maximum atomic E-state index is 13.1. The summed E-state index contributed by atoms with van der Waals surface area (Å²) in [4.78, 5) is 16.6. The Morgan fingerprint density at radius 3 is 2.57 bits per heavy atom. The molecule has 0 spiro atoms. The summed E-state index contributed by atoms with van der Waals surface area (Å²) < 4.78 is 0. The van der Waals surface area contributed by atoms with E-state index in [9.17, 15) is 9.90 Å². The molecule has 5 nitrogen and oxygen atoms in total. The lowest BCUT2D eigenvalue weighted by Gasteiger charge is -2.46. The Kier molecular flexibility index (Phi) is 8.24. The van der Waals surface area contributed by atoms with Crippen LogP contribution in [0.5, 0.6) is 0 Å². The van der Waals surface area contributed by atoms with Crippen LogP contribution in [-0.2, 0) is 4.79 Å². The van der Waals surface area contributed by atoms with Gasteiger partial charge in [0.25, 0.3) is 0 Å². The first-order valence-electron chi connectivity index (χ1n) is 11.5. The number of piperidine rings is 1. The number of nitrogens with one attached hydrogen (secondary N) is 1. The molecule has 1 amide bonds. The lowest BCUT2D eigenvalue weighted by atomic mass is 9.72. The molecule has 1 saturated heterocycles. The van der Waals surface area contributed by atoms with Crippen LogP contribution in [0.3, 0.4) is 0 Å². The number of thioether (sulfide) groups is 1. The van der Waals surface area contributed by atoms with E-state index in [1.54, 1.807) is 11.8 Å². The van der Waals surface area contributed by atoms with Crippen molar-refractivity contribution < 1.29 is 15.6 Å². The first-order valence-corrected chi connectivity index (χ1v) is 12.5. The number of rotatable bonds is 7. The normalized spacial score (nSPS) is 27.2. The number of aliphatic hydroxyl groups is 1. The molecular weight excluding hydrogens is 394 g/mol. The molecule has 0 bridgehead atoms. The number of hydrogen-bond donors (Lipinski definition) is 3. The van der Waals surface area contributed by atoms with E-state index in [0.717, 1.165) is 18.7 Å². The van der Waals surface area contributed by atoms with Crippen molar-refractivity contribution in [1.29, 1.82) is 0 Å². The van der Waals surface area contributed by atoms with Gasteiger partial charge in [-0.25, -0.2) is 0 Å². The van der Waals surface area contributed by atoms with Gasteiger partial charge in [-0.05, 0) is 57.6 Å². The van der Waals surface area contributed by atoms with E-state index >= 15 is 0 Å². The zero-order valence-corrected chi connectivity index (χ0v) is 19.7. The summed E-state index contributed by atoms with van der Waals surface area (Å²) >= 11 is 1.73. The van der Waals surface area contributed by atoms with Crippen molar-refractivity contribution in [2.24, 2.45) is 11.8 Å². The maximum absolute atomic E-state index is 13.1. The summed E-state index contributed by atoms with van der Waals surface area (Å²) in [6.07, 6.45) is 5.46. The minimum absolute atomic E-state index is 0.0781. The van der Waals surface area contributed by atoms with Crippen LogP contribution >= 0.6 is 11.8 Å². The first kappa shape index (κ1) is 23.6. The minimum Gasteiger partial charge on any atom is -0.386 e. The highest BCUT2D eigenvalue weighted by atomic mass is 32.2. The molecule has 1 aliphatic heterocycles. The average Bonchev–Trinajstić information content (AvgIpc) is 2.71. The van der Waals surface area contributed by atoms with Gasteiger partial charge in [0, 0.05) is 23.5 Å². The highest BCUT2D eigenvalue weighted by Gasteiger charge is 2.41. The van der Waals surface area contributed by atoms with Crippen LogP contribution in [0.2, 0.25) is 0 Å². The van der Waals surface area contributed by atoms with E-state index in [0.29, 0.717) is 18.4 Å². The molecule has 5 atom stereocenters. The summed E-state index contributed by atoms with van der Waals surface area (Å²) in [5.74, 6) is 2.18. The van der Waals surface area contributed by atoms with Crippen molar-refractivity contribution in [2.75, 3.05) is 18.8 Å². The third-order valence-electron chi connectivity index (χ3n) is 6.48. The maximum Gasteiger partial charge on any atom is 0.237 e. The number of nitrogens with zero attached hydrogens (tertiary/aromatic N) is 1. The number of carbonyl (C=O) groups excluding carboxylic acids is 1. The summed E-state index contributed by atoms with van der Waals surface area (Å²) in [5.41, 5.74) is 3.99. The van der Waals surface area contributed by atoms with Gasteiger partial charge in [-0.2, -0.15) is 0 Å². The molecule has 2 aliphatic rings. The number of quaternary nitrogens is 1. The van der Waals surface area contributed by atoms with E-state index < -0.39 is 6.10 Å². The summed E-state index contributed by atoms with van der Waals surface area (Å²) in [5, 5.41) is 14.1. The zero-order valence-electron chi connectivity index (χ0n) is 18.8. The fourth-order valence-corrected chi connectivity index (χ4v) is 5.83. The van der Waals surface area contributed by atoms with Gasteiger partial charge in [-0.1, -0.05) is 37.5 Å². The van der Waals surface area contributed by atoms with Crippen molar-refractivity contribution >= 4 is 17.7 Å². The molecule has 2 fully saturated rings. The molecule has 168 valence electrons. The second-order valence-electron chi connectivity index (χ2n) is 10.2. The van der Waals surface area contributed by atoms with Gasteiger partial charge >= 0.3 is 0 Å². The van der Waals surface area contributed by atoms with Gasteiger partial charge < -0.3 is 16.2 Å². The molecule has 30 heavy (non-hydrogen) atoms. The Morgan fingerprint density at radius 2 is 1.90 bits per heavy atom. The van der Waals surface area contributed by atoms with Crippen LogP contribution in [0.25, 0.3) is 0 Å². The van der Waals surface area contributed by atoms with Crippen molar-refractivity contribution in [2.45, 2.75) is 81.5 Å². The lowest BCUT2D eigenvalue weighted by molar-refractivity contribution is -0.430. The average molecular weight is 435 g/mol. The number of amides is 1. The van der Waals surface area contributed by atoms with Gasteiger partial charge in [-0.15, -0.1) is 11.8 Å². The van der Waals surface area contributed by atoms with Crippen LogP contribution in [0.4, 0.5) is 0 Å². The molecule has 1 aromatic rings. The number of likely N-dealkylation sites (tertiary alicyclic amines) is 1. The van der Waals surface area contributed by atoms with Crippen molar-refractivity contribution in [3.05, 3.63) is 30.3 Å². The number of aliphatic hydroxyl groups excluding tert-OH is 1. The van der Waals surface area contributed by atoms with Gasteiger partial charge in [0.1, 0.15) is 12.1 Å². The molecule has 1 aromatic carbocycles. The molecule has 0 radical (unpaired) electrons. The SMILES string of the molecule is CC(C)(C)NC(=O)[C@@H]1CC2CCCCC2CN1CC(O)[C@@H]([NH3+])CSc1ccccc1. The van der Waals surface area contributed by atoms with E-state index in [4.69, 9.17) is 0 Å². The quantitative estimate of drug-likeness (QED) is 0.576. The number of hydrogen-bond acceptors (Lipinski definition) is 4. The standard InChI is InChI=1S/C24H39N3O2S/c1-24(2,3)26-23(29)21-13-17-9-7-8-10-18(17)14-27(21)15-22(28)20(25)16-30-19-11-5-4-6-12-19/h4-6,11-12,17-18,20-22,28H,7-10,13-16,25H2,1-3H3,(H,26,29)/p+1/t17?,18?,20-,21-,22?/m0/s1. The number of β-amino-alcohol motifs (C(OH)–C–C–N with tert-alkyl or cyclic N) is 1. The zero-order chi connectivity index (χ0) is 21.7. The van der Waals surface area contributed by atoms with Gasteiger partial charge in [0.2, 0.25) is 5.91 Å². The molecule has 1 aliphatic carbocycles. The van der Waals surface area contributed by atoms with Crippen LogP contribution in [0.1, 0.15) is 52.9 Å². The molecule has 3 unspecified atom stereocenters. The number of benzene rings is 1. The third kappa shape index (κ3) is 6.71. The number of fused-ring (bicyclic) bond motifs is 1. The molecular formula is C24H40N3O2S+. The van der Waals surface area contributed by atoms with Gasteiger partial charge in [-0.3, -0.25) is 9.69 Å². The molecule has 5 N–H and O–H groups in total. The molecule has 6 heteroatoms. The van der Waals surface area contributed by atoms with Crippen LogP contribution < -0.4 is 11.1 Å². The van der Waals surface area contributed by atoms with Crippen LogP contribution in [-0.4, -0.2) is 58.5 Å². The summed E-state index contributed by atoms with van der Waals surface area (Å²) in [6, 6.07) is 10.0. The monoisotopic (exact) mass is 434 g/mol. The molecule has 1 heterocycles. The molecule has 0 aromatic heterocycles. The Hall–Kier alpha value is -1.08. The van der Waals surface area contributed by atoms with Crippen molar-refractivity contribution in [1.82, 2.24) is 10.2 Å². The smallest absolute Gasteiger partial charge is 0.237 e. The van der Waals surface area contributed by atoms with Crippen LogP contribution in [0.15, 0.2) is 35.2 Å². The number of carbonyl (C=O) groups is 1. The molecule has 1 saturated carbocycles. The topological polar surface area (TPSA) is 80.2 Å². The van der Waals surface area contributed by atoms with Crippen molar-refractivity contribution in [3.63, 3.8) is 0 Å². The third-order valence-corrected chi connectivity index (χ3v) is 7.68. The Labute approximate surface area is 186 Å². The van der Waals surface area contributed by atoms with Gasteiger partial charge in [0.15, 0.2) is 0 Å². The largest absolute Gasteiger partial charge is 0.386 e. The van der Waals surface area contributed by atoms with Gasteiger partial charge in [0.05, 0.1) is 11.8 Å². The second kappa shape index (κ2) is 10.5. The summed E-state index contributed by atoms with van der Waals surface area (Å²) in [6.45, 7) is 7.53. The predicted octanol–water partition coefficient (Wildman–Crippen LogP) is 2.55. The van der Waals surface area contributed by atoms with E-state index in [1.807, 2.05) is 39.0 Å². The molecule has 3 rings (SSSR count). The fraction of sp³-hybridized carbons (Fsp3) is 0.708. The van der Waals surface area contributed by atoms with E-state index in [2.05, 4.69) is 28.1 Å². The Bertz CT molecular complexity index is 679. The van der Waals surface area contributed by atoms with E-state index in [-0.39, 0.29) is 23.5 Å². The fourth-order valence-electron chi connectivity index (χ4n) is 4.85. The minimum atomic E-state index is -0.536. The lowest BCUT2D eigenvalue weighted by Crippen LogP contribution is -2.70. The summed E-state index contributed by atoms with van der Waals surface area (Å²) in [7, 11) is 0. The van der Waals surface area contributed by atoms with Crippen molar-refractivity contribution in [3.8, 4) is 0 Å². The highest BCUT2D eigenvalue weighted by Crippen LogP contribution is 2.38.